The van der Waals surface area contributed by atoms with Gasteiger partial charge in [-0.05, 0) is 18.1 Å². The zero-order valence-electron chi connectivity index (χ0n) is 12.0. The minimum atomic E-state index is -0.385. The third-order valence-electron chi connectivity index (χ3n) is 2.98. The van der Waals surface area contributed by atoms with Gasteiger partial charge in [0.05, 0.1) is 4.92 Å². The molecule has 19 heavy (non-hydrogen) atoms. The highest BCUT2D eigenvalue weighted by Crippen LogP contribution is 2.17. The Bertz CT molecular complexity index is 402. The van der Waals surface area contributed by atoms with Gasteiger partial charge >= 0.3 is 0 Å². The van der Waals surface area contributed by atoms with Crippen LogP contribution in [0.15, 0.2) is 24.3 Å². The summed E-state index contributed by atoms with van der Waals surface area (Å²) in [5, 5.41) is 17.4. The number of nitro groups is 1. The number of nitrogens with zero attached hydrogens (tertiary/aromatic N) is 1. The lowest BCUT2D eigenvalue weighted by molar-refractivity contribution is -0.384. The number of hydrogen-bond donors (Lipinski definition) is 2. The number of non-ortho nitro benzene ring substituents is 1. The summed E-state index contributed by atoms with van der Waals surface area (Å²) in [7, 11) is 0. The highest BCUT2D eigenvalue weighted by molar-refractivity contribution is 5.49. The fourth-order valence-corrected chi connectivity index (χ4v) is 1.71. The monoisotopic (exact) mass is 265 g/mol. The molecule has 0 saturated carbocycles. The van der Waals surface area contributed by atoms with Crippen LogP contribution in [0.25, 0.3) is 0 Å². The molecule has 0 spiro atoms. The smallest absolute Gasteiger partial charge is 0.269 e. The molecule has 1 atom stereocenters. The molecule has 1 unspecified atom stereocenters. The van der Waals surface area contributed by atoms with Crippen LogP contribution in [0.3, 0.4) is 0 Å². The van der Waals surface area contributed by atoms with E-state index in [0.29, 0.717) is 18.0 Å². The van der Waals surface area contributed by atoms with E-state index < -0.39 is 0 Å². The van der Waals surface area contributed by atoms with Gasteiger partial charge in [-0.3, -0.25) is 10.1 Å². The van der Waals surface area contributed by atoms with Crippen molar-refractivity contribution in [2.24, 2.45) is 5.92 Å². The molecule has 0 amide bonds. The van der Waals surface area contributed by atoms with Gasteiger partial charge in [-0.25, -0.2) is 0 Å². The first kappa shape index (κ1) is 15.4. The second kappa shape index (κ2) is 7.09. The Labute approximate surface area is 114 Å². The van der Waals surface area contributed by atoms with Gasteiger partial charge in [0.25, 0.3) is 5.69 Å². The van der Waals surface area contributed by atoms with E-state index in [9.17, 15) is 10.1 Å². The SMILES string of the molecule is CC(C)NCC(Nc1ccc([N+](=O)[O-])cc1)C(C)C. The number of rotatable bonds is 7. The van der Waals surface area contributed by atoms with Crippen LogP contribution in [0.5, 0.6) is 0 Å². The van der Waals surface area contributed by atoms with E-state index in [-0.39, 0.29) is 10.6 Å². The molecule has 0 aliphatic heterocycles. The first-order valence-electron chi connectivity index (χ1n) is 6.64. The first-order valence-corrected chi connectivity index (χ1v) is 6.64. The van der Waals surface area contributed by atoms with Crippen LogP contribution in [-0.2, 0) is 0 Å². The van der Waals surface area contributed by atoms with Crippen molar-refractivity contribution < 1.29 is 4.92 Å². The largest absolute Gasteiger partial charge is 0.381 e. The molecule has 0 aliphatic rings. The summed E-state index contributed by atoms with van der Waals surface area (Å²) in [4.78, 5) is 10.2. The van der Waals surface area contributed by atoms with Crippen molar-refractivity contribution >= 4 is 11.4 Å². The van der Waals surface area contributed by atoms with Crippen molar-refractivity contribution in [3.63, 3.8) is 0 Å². The summed E-state index contributed by atoms with van der Waals surface area (Å²) in [5.41, 5.74) is 1.03. The van der Waals surface area contributed by atoms with Crippen LogP contribution in [0.2, 0.25) is 0 Å². The maximum Gasteiger partial charge on any atom is 0.269 e. The summed E-state index contributed by atoms with van der Waals surface area (Å²) in [5.74, 6) is 0.474. The minimum absolute atomic E-state index is 0.118. The first-order chi connectivity index (χ1) is 8.90. The van der Waals surface area contributed by atoms with Gasteiger partial charge < -0.3 is 10.6 Å². The lowest BCUT2D eigenvalue weighted by atomic mass is 10.0. The van der Waals surface area contributed by atoms with Gasteiger partial charge in [0.15, 0.2) is 0 Å². The molecule has 0 aromatic heterocycles. The maximum atomic E-state index is 10.6. The summed E-state index contributed by atoms with van der Waals surface area (Å²) in [6.45, 7) is 9.41. The molecule has 0 radical (unpaired) electrons. The normalized spacial score (nSPS) is 12.7. The molecule has 1 aromatic rings. The molecule has 0 bridgehead atoms. The van der Waals surface area contributed by atoms with Crippen LogP contribution >= 0.6 is 0 Å². The van der Waals surface area contributed by atoms with Crippen molar-refractivity contribution in [2.75, 3.05) is 11.9 Å². The second-order valence-electron chi connectivity index (χ2n) is 5.36. The summed E-state index contributed by atoms with van der Waals surface area (Å²) >= 11 is 0. The van der Waals surface area contributed by atoms with Crippen LogP contribution in [-0.4, -0.2) is 23.6 Å². The van der Waals surface area contributed by atoms with E-state index in [1.165, 1.54) is 12.1 Å². The molecule has 1 rings (SSSR count). The number of nitrogens with one attached hydrogen (secondary N) is 2. The van der Waals surface area contributed by atoms with Crippen LogP contribution < -0.4 is 10.6 Å². The predicted molar refractivity (Wildman–Crippen MR) is 78.5 cm³/mol. The molecule has 106 valence electrons. The van der Waals surface area contributed by atoms with Crippen molar-refractivity contribution in [1.29, 1.82) is 0 Å². The van der Waals surface area contributed by atoms with E-state index in [1.54, 1.807) is 12.1 Å². The van der Waals surface area contributed by atoms with E-state index in [4.69, 9.17) is 0 Å². The summed E-state index contributed by atoms with van der Waals surface area (Å²) in [6, 6.07) is 7.29. The zero-order valence-corrected chi connectivity index (χ0v) is 12.0. The minimum Gasteiger partial charge on any atom is -0.381 e. The van der Waals surface area contributed by atoms with Gasteiger partial charge in [-0.2, -0.15) is 0 Å². The average molecular weight is 265 g/mol. The fourth-order valence-electron chi connectivity index (χ4n) is 1.71. The van der Waals surface area contributed by atoms with Gasteiger partial charge in [0.2, 0.25) is 0 Å². The van der Waals surface area contributed by atoms with Crippen molar-refractivity contribution in [1.82, 2.24) is 5.32 Å². The topological polar surface area (TPSA) is 67.2 Å². The van der Waals surface area contributed by atoms with Crippen LogP contribution in [0, 0.1) is 16.0 Å². The molecule has 0 heterocycles. The van der Waals surface area contributed by atoms with E-state index >= 15 is 0 Å². The number of benzene rings is 1. The van der Waals surface area contributed by atoms with E-state index in [2.05, 4.69) is 38.3 Å². The highest BCUT2D eigenvalue weighted by Gasteiger charge is 2.14. The molecule has 5 heteroatoms. The van der Waals surface area contributed by atoms with E-state index in [0.717, 1.165) is 12.2 Å². The molecule has 0 saturated heterocycles. The molecule has 2 N–H and O–H groups in total. The highest BCUT2D eigenvalue weighted by atomic mass is 16.6. The molecular formula is C14H23N3O2. The van der Waals surface area contributed by atoms with Crippen LogP contribution in [0.1, 0.15) is 27.7 Å². The lowest BCUT2D eigenvalue weighted by Gasteiger charge is -2.25. The third kappa shape index (κ3) is 5.26. The molecule has 0 fully saturated rings. The summed E-state index contributed by atoms with van der Waals surface area (Å²) < 4.78 is 0. The Hall–Kier alpha value is -1.62. The Kier molecular flexibility index (Phi) is 5.76. The van der Waals surface area contributed by atoms with Crippen molar-refractivity contribution in [2.45, 2.75) is 39.8 Å². The van der Waals surface area contributed by atoms with Crippen molar-refractivity contribution in [3.05, 3.63) is 34.4 Å². The lowest BCUT2D eigenvalue weighted by Crippen LogP contribution is -2.39. The quantitative estimate of drug-likeness (QED) is 0.587. The predicted octanol–water partition coefficient (Wildman–Crippen LogP) is 3.03. The number of hydrogen-bond acceptors (Lipinski definition) is 4. The Balaban J connectivity index is 2.65. The number of nitro benzene ring substituents is 1. The average Bonchev–Trinajstić information content (AvgIpc) is 2.34. The van der Waals surface area contributed by atoms with Gasteiger partial charge in [0.1, 0.15) is 0 Å². The Morgan fingerprint density at radius 2 is 1.74 bits per heavy atom. The number of anilines is 1. The molecule has 5 nitrogen and oxygen atoms in total. The van der Waals surface area contributed by atoms with Crippen LogP contribution in [0.4, 0.5) is 11.4 Å². The summed E-state index contributed by atoms with van der Waals surface area (Å²) in [6.07, 6.45) is 0. The van der Waals surface area contributed by atoms with Crippen molar-refractivity contribution in [3.8, 4) is 0 Å². The second-order valence-corrected chi connectivity index (χ2v) is 5.36. The van der Waals surface area contributed by atoms with E-state index in [1.807, 2.05) is 0 Å². The molecular weight excluding hydrogens is 242 g/mol. The van der Waals surface area contributed by atoms with Gasteiger partial charge in [-0.1, -0.05) is 27.7 Å². The standard InChI is InChI=1S/C14H23N3O2/c1-10(2)14(9-15-11(3)4)16-12-5-7-13(8-6-12)17(18)19/h5-8,10-11,14-16H,9H2,1-4H3. The van der Waals surface area contributed by atoms with Gasteiger partial charge in [0, 0.05) is 36.4 Å². The Morgan fingerprint density at radius 1 is 1.16 bits per heavy atom. The maximum absolute atomic E-state index is 10.6. The molecule has 1 aromatic carbocycles. The molecule has 0 aliphatic carbocycles. The van der Waals surface area contributed by atoms with Gasteiger partial charge in [-0.15, -0.1) is 0 Å². The fraction of sp³-hybridized carbons (Fsp3) is 0.571. The Morgan fingerprint density at radius 3 is 2.16 bits per heavy atom. The third-order valence-corrected chi connectivity index (χ3v) is 2.98. The zero-order chi connectivity index (χ0) is 14.4.